The zero-order chi connectivity index (χ0) is 11.5. The van der Waals surface area contributed by atoms with Crippen LogP contribution < -0.4 is 10.6 Å². The van der Waals surface area contributed by atoms with Crippen molar-refractivity contribution in [1.29, 1.82) is 0 Å². The van der Waals surface area contributed by atoms with Gasteiger partial charge in [-0.05, 0) is 24.1 Å². The maximum atomic E-state index is 11.7. The fraction of sp³-hybridized carbons (Fsp3) is 0.400. The third-order valence-corrected chi connectivity index (χ3v) is 2.76. The summed E-state index contributed by atoms with van der Waals surface area (Å²) in [4.78, 5) is 22.6. The number of furan rings is 1. The molecule has 1 aromatic rings. The predicted molar refractivity (Wildman–Crippen MR) is 57.2 cm³/mol. The summed E-state index contributed by atoms with van der Waals surface area (Å²) < 4.78 is 4.83. The molecule has 2 N–H and O–H groups in total. The van der Waals surface area contributed by atoms with Gasteiger partial charge in [0.05, 0.1) is 11.8 Å². The summed E-state index contributed by atoms with van der Waals surface area (Å²) in [7, 11) is 0. The summed E-state index contributed by atoms with van der Waals surface area (Å²) in [5.41, 5.74) is 0.318. The quantitative estimate of drug-likeness (QED) is 0.811. The first-order chi connectivity index (χ1) is 7.66. The Hall–Kier alpha value is -1.49. The lowest BCUT2D eigenvalue weighted by Crippen LogP contribution is -2.47. The average Bonchev–Trinajstić information content (AvgIpc) is 2.68. The summed E-state index contributed by atoms with van der Waals surface area (Å²) in [5, 5.41) is 5.55. The molecule has 1 unspecified atom stereocenters. The molecule has 1 saturated heterocycles. The number of nitrogens with one attached hydrogen (secondary N) is 2. The molecule has 1 atom stereocenters. The van der Waals surface area contributed by atoms with E-state index in [2.05, 4.69) is 10.6 Å². The number of halogens is 1. The third kappa shape index (κ3) is 2.36. The molecule has 0 spiro atoms. The predicted octanol–water partition coefficient (Wildman–Crippen LogP) is 0.941. The van der Waals surface area contributed by atoms with Gasteiger partial charge in [-0.2, -0.15) is 0 Å². The maximum Gasteiger partial charge on any atom is 0.256 e. The van der Waals surface area contributed by atoms with Crippen LogP contribution in [0.2, 0.25) is 5.22 Å². The van der Waals surface area contributed by atoms with Crippen LogP contribution in [-0.4, -0.2) is 24.4 Å². The van der Waals surface area contributed by atoms with Gasteiger partial charge in [-0.1, -0.05) is 0 Å². The third-order valence-electron chi connectivity index (χ3n) is 2.46. The van der Waals surface area contributed by atoms with Crippen LogP contribution in [0.25, 0.3) is 0 Å². The van der Waals surface area contributed by atoms with E-state index in [-0.39, 0.29) is 23.1 Å². The smallest absolute Gasteiger partial charge is 0.256 e. The molecule has 2 amide bonds. The Kier molecular flexibility index (Phi) is 3.14. The van der Waals surface area contributed by atoms with Crippen molar-refractivity contribution in [3.8, 4) is 0 Å². The summed E-state index contributed by atoms with van der Waals surface area (Å²) in [6.07, 6.45) is 2.44. The van der Waals surface area contributed by atoms with Crippen molar-refractivity contribution >= 4 is 23.4 Å². The number of piperidine rings is 1. The number of rotatable bonds is 2. The molecule has 1 aliphatic rings. The van der Waals surface area contributed by atoms with E-state index in [1.807, 2.05) is 0 Å². The minimum atomic E-state index is -0.278. The van der Waals surface area contributed by atoms with E-state index in [1.165, 1.54) is 12.3 Å². The molecule has 1 aromatic heterocycles. The van der Waals surface area contributed by atoms with E-state index in [1.54, 1.807) is 0 Å². The number of amides is 2. The molecule has 6 heteroatoms. The maximum absolute atomic E-state index is 11.7. The highest BCUT2D eigenvalue weighted by molar-refractivity contribution is 6.32. The number of hydrogen-bond donors (Lipinski definition) is 2. The van der Waals surface area contributed by atoms with Crippen LogP contribution in [0.4, 0.5) is 0 Å². The fourth-order valence-electron chi connectivity index (χ4n) is 1.57. The van der Waals surface area contributed by atoms with Crippen molar-refractivity contribution in [2.45, 2.75) is 18.9 Å². The van der Waals surface area contributed by atoms with E-state index in [0.29, 0.717) is 24.9 Å². The molecule has 0 bridgehead atoms. The Morgan fingerprint density at radius 3 is 3.00 bits per heavy atom. The first-order valence-corrected chi connectivity index (χ1v) is 5.35. The molecular weight excluding hydrogens is 232 g/mol. The van der Waals surface area contributed by atoms with Crippen molar-refractivity contribution in [3.63, 3.8) is 0 Å². The van der Waals surface area contributed by atoms with E-state index in [9.17, 15) is 9.59 Å². The first kappa shape index (κ1) is 11.0. The lowest BCUT2D eigenvalue weighted by atomic mass is 10.1. The van der Waals surface area contributed by atoms with Gasteiger partial charge in [0.25, 0.3) is 5.91 Å². The molecule has 0 aliphatic carbocycles. The first-order valence-electron chi connectivity index (χ1n) is 4.97. The van der Waals surface area contributed by atoms with Gasteiger partial charge in [-0.15, -0.1) is 0 Å². The lowest BCUT2D eigenvalue weighted by molar-refractivity contribution is -0.122. The molecule has 1 aliphatic heterocycles. The van der Waals surface area contributed by atoms with Crippen LogP contribution in [0.1, 0.15) is 23.2 Å². The second-order valence-corrected chi connectivity index (χ2v) is 3.96. The largest absolute Gasteiger partial charge is 0.452 e. The van der Waals surface area contributed by atoms with Crippen molar-refractivity contribution in [2.24, 2.45) is 0 Å². The number of carbonyl (C=O) groups excluding carboxylic acids is 2. The molecule has 0 saturated carbocycles. The zero-order valence-corrected chi connectivity index (χ0v) is 9.21. The van der Waals surface area contributed by atoms with Gasteiger partial charge >= 0.3 is 0 Å². The van der Waals surface area contributed by atoms with Crippen LogP contribution >= 0.6 is 11.6 Å². The van der Waals surface area contributed by atoms with E-state index in [4.69, 9.17) is 16.0 Å². The molecular formula is C10H11ClN2O3. The van der Waals surface area contributed by atoms with Gasteiger partial charge in [-0.25, -0.2) is 0 Å². The van der Waals surface area contributed by atoms with Crippen molar-refractivity contribution in [3.05, 3.63) is 23.1 Å². The summed E-state index contributed by atoms with van der Waals surface area (Å²) in [6, 6.07) is 1.47. The normalized spacial score (nSPS) is 20.3. The molecule has 5 nitrogen and oxygen atoms in total. The Morgan fingerprint density at radius 2 is 2.44 bits per heavy atom. The average molecular weight is 243 g/mol. The van der Waals surface area contributed by atoms with E-state index in [0.717, 1.165) is 0 Å². The second-order valence-electron chi connectivity index (χ2n) is 3.62. The minimum absolute atomic E-state index is 0.0202. The van der Waals surface area contributed by atoms with E-state index >= 15 is 0 Å². The molecule has 0 aromatic carbocycles. The Balaban J connectivity index is 1.93. The SMILES string of the molecule is O=C1CCC(NC(=O)c2ccoc2Cl)CN1. The van der Waals surface area contributed by atoms with Gasteiger partial charge in [0.2, 0.25) is 11.1 Å². The standard InChI is InChI=1S/C10H11ClN2O3/c11-9-7(3-4-16-9)10(15)13-6-1-2-8(14)12-5-6/h3-4,6H,1-2,5H2,(H,12,14)(H,13,15). The van der Waals surface area contributed by atoms with E-state index < -0.39 is 0 Å². The van der Waals surface area contributed by atoms with Gasteiger partial charge < -0.3 is 15.1 Å². The van der Waals surface area contributed by atoms with Gasteiger partial charge in [0.15, 0.2) is 0 Å². The molecule has 2 heterocycles. The number of hydrogen-bond acceptors (Lipinski definition) is 3. The fourth-order valence-corrected chi connectivity index (χ4v) is 1.78. The molecule has 1 fully saturated rings. The molecule has 0 radical (unpaired) electrons. The summed E-state index contributed by atoms with van der Waals surface area (Å²) >= 11 is 5.68. The molecule has 16 heavy (non-hydrogen) atoms. The summed E-state index contributed by atoms with van der Waals surface area (Å²) in [6.45, 7) is 0.458. The van der Waals surface area contributed by atoms with Gasteiger partial charge in [0, 0.05) is 19.0 Å². The number of carbonyl (C=O) groups is 2. The Labute approximate surface area is 97.1 Å². The highest BCUT2D eigenvalue weighted by atomic mass is 35.5. The highest BCUT2D eigenvalue weighted by Crippen LogP contribution is 2.16. The van der Waals surface area contributed by atoms with Crippen LogP contribution in [0.5, 0.6) is 0 Å². The van der Waals surface area contributed by atoms with Gasteiger partial charge in [-0.3, -0.25) is 9.59 Å². The topological polar surface area (TPSA) is 71.3 Å². The van der Waals surface area contributed by atoms with Crippen LogP contribution in [0, 0.1) is 0 Å². The van der Waals surface area contributed by atoms with Crippen LogP contribution in [-0.2, 0) is 4.79 Å². The summed E-state index contributed by atoms with van der Waals surface area (Å²) in [5.74, 6) is -0.258. The van der Waals surface area contributed by atoms with Crippen LogP contribution in [0.15, 0.2) is 16.7 Å². The van der Waals surface area contributed by atoms with Gasteiger partial charge in [0.1, 0.15) is 0 Å². The van der Waals surface area contributed by atoms with Crippen molar-refractivity contribution in [2.75, 3.05) is 6.54 Å². The van der Waals surface area contributed by atoms with Crippen molar-refractivity contribution < 1.29 is 14.0 Å². The lowest BCUT2D eigenvalue weighted by Gasteiger charge is -2.23. The second kappa shape index (κ2) is 4.57. The molecule has 2 rings (SSSR count). The monoisotopic (exact) mass is 242 g/mol. The minimum Gasteiger partial charge on any atom is -0.452 e. The Bertz CT molecular complexity index is 406. The Morgan fingerprint density at radius 1 is 1.62 bits per heavy atom. The van der Waals surface area contributed by atoms with Crippen LogP contribution in [0.3, 0.4) is 0 Å². The van der Waals surface area contributed by atoms with Crippen molar-refractivity contribution in [1.82, 2.24) is 10.6 Å². The highest BCUT2D eigenvalue weighted by Gasteiger charge is 2.21. The molecule has 86 valence electrons. The zero-order valence-electron chi connectivity index (χ0n) is 8.46.